The minimum atomic E-state index is 0.774. The van der Waals surface area contributed by atoms with Crippen molar-refractivity contribution in [2.24, 2.45) is 5.92 Å². The maximum Gasteiger partial charge on any atom is 0.119 e. The Labute approximate surface area is 128 Å². The molecule has 0 bridgehead atoms. The van der Waals surface area contributed by atoms with Crippen LogP contribution in [0, 0.1) is 5.92 Å². The molecule has 114 valence electrons. The average molecular weight is 285 g/mol. The van der Waals surface area contributed by atoms with Crippen molar-refractivity contribution < 1.29 is 4.74 Å². The molecule has 0 aliphatic rings. The molecule has 2 rings (SSSR count). The second-order valence-electron chi connectivity index (χ2n) is 5.83. The van der Waals surface area contributed by atoms with Gasteiger partial charge in [0.2, 0.25) is 0 Å². The maximum atomic E-state index is 5.27. The zero-order chi connectivity index (χ0) is 15.1. The number of nitrogens with one attached hydrogen (secondary N) is 1. The predicted molar refractivity (Wildman–Crippen MR) is 91.1 cm³/mol. The van der Waals surface area contributed by atoms with Gasteiger partial charge in [0.25, 0.3) is 0 Å². The summed E-state index contributed by atoms with van der Waals surface area (Å²) < 4.78 is 5.27. The van der Waals surface area contributed by atoms with Gasteiger partial charge in [-0.05, 0) is 66.7 Å². The van der Waals surface area contributed by atoms with Gasteiger partial charge in [0.15, 0.2) is 0 Å². The Kier molecular flexibility index (Phi) is 6.06. The van der Waals surface area contributed by atoms with Crippen LogP contribution in [0.1, 0.15) is 32.3 Å². The normalized spacial score (nSPS) is 12.5. The Morgan fingerprint density at radius 3 is 2.57 bits per heavy atom. The van der Waals surface area contributed by atoms with E-state index < -0.39 is 0 Å². The summed E-state index contributed by atoms with van der Waals surface area (Å²) in [4.78, 5) is 0. The first kappa shape index (κ1) is 15.8. The van der Waals surface area contributed by atoms with E-state index in [-0.39, 0.29) is 0 Å². The summed E-state index contributed by atoms with van der Waals surface area (Å²) in [6.07, 6.45) is 3.68. The second kappa shape index (κ2) is 8.04. The van der Waals surface area contributed by atoms with Gasteiger partial charge in [-0.25, -0.2) is 0 Å². The number of fused-ring (bicyclic) bond motifs is 1. The highest BCUT2D eigenvalue weighted by molar-refractivity contribution is 5.84. The van der Waals surface area contributed by atoms with Crippen LogP contribution in [0.5, 0.6) is 5.75 Å². The lowest BCUT2D eigenvalue weighted by molar-refractivity contribution is 0.415. The fraction of sp³-hybridized carbons (Fsp3) is 0.474. The molecule has 2 aromatic carbocycles. The first-order chi connectivity index (χ1) is 10.2. The van der Waals surface area contributed by atoms with Crippen molar-refractivity contribution in [2.45, 2.75) is 33.1 Å². The van der Waals surface area contributed by atoms with Crippen molar-refractivity contribution in [3.8, 4) is 5.75 Å². The van der Waals surface area contributed by atoms with Gasteiger partial charge in [-0.3, -0.25) is 0 Å². The van der Waals surface area contributed by atoms with E-state index in [1.807, 2.05) is 6.07 Å². The smallest absolute Gasteiger partial charge is 0.119 e. The molecule has 0 heterocycles. The lowest BCUT2D eigenvalue weighted by Gasteiger charge is -2.12. The summed E-state index contributed by atoms with van der Waals surface area (Å²) in [5, 5.41) is 5.95. The number of hydrogen-bond donors (Lipinski definition) is 1. The van der Waals surface area contributed by atoms with Crippen molar-refractivity contribution >= 4 is 10.8 Å². The Balaban J connectivity index is 1.93. The van der Waals surface area contributed by atoms with Gasteiger partial charge in [-0.1, -0.05) is 38.1 Å². The monoisotopic (exact) mass is 285 g/mol. The summed E-state index contributed by atoms with van der Waals surface area (Å²) in [5.74, 6) is 1.70. The standard InChI is InChI=1S/C19H27NO/c1-4-20-12-11-15(2)5-6-16-7-8-18-14-19(21-3)10-9-17(18)13-16/h7-10,13-15,20H,4-6,11-12H2,1-3H3. The molecule has 0 saturated carbocycles. The highest BCUT2D eigenvalue weighted by Crippen LogP contribution is 2.23. The van der Waals surface area contributed by atoms with E-state index in [1.165, 1.54) is 29.2 Å². The average Bonchev–Trinajstić information content (AvgIpc) is 2.52. The summed E-state index contributed by atoms with van der Waals surface area (Å²) >= 11 is 0. The second-order valence-corrected chi connectivity index (χ2v) is 5.83. The number of rotatable bonds is 8. The van der Waals surface area contributed by atoms with Crippen LogP contribution >= 0.6 is 0 Å². The third-order valence-electron chi connectivity index (χ3n) is 4.10. The van der Waals surface area contributed by atoms with Crippen molar-refractivity contribution in [2.75, 3.05) is 20.2 Å². The van der Waals surface area contributed by atoms with E-state index in [1.54, 1.807) is 7.11 Å². The number of aryl methyl sites for hydroxylation is 1. The zero-order valence-corrected chi connectivity index (χ0v) is 13.5. The highest BCUT2D eigenvalue weighted by atomic mass is 16.5. The van der Waals surface area contributed by atoms with Crippen molar-refractivity contribution in [1.82, 2.24) is 5.32 Å². The highest BCUT2D eigenvalue weighted by Gasteiger charge is 2.04. The van der Waals surface area contributed by atoms with Gasteiger partial charge >= 0.3 is 0 Å². The van der Waals surface area contributed by atoms with Gasteiger partial charge < -0.3 is 10.1 Å². The predicted octanol–water partition coefficient (Wildman–Crippen LogP) is 4.42. The minimum Gasteiger partial charge on any atom is -0.497 e. The van der Waals surface area contributed by atoms with Crippen LogP contribution in [0.4, 0.5) is 0 Å². The van der Waals surface area contributed by atoms with Crippen molar-refractivity contribution in [3.63, 3.8) is 0 Å². The van der Waals surface area contributed by atoms with E-state index in [9.17, 15) is 0 Å². The van der Waals surface area contributed by atoms with Crippen molar-refractivity contribution in [1.29, 1.82) is 0 Å². The molecule has 0 aliphatic carbocycles. The molecule has 1 unspecified atom stereocenters. The van der Waals surface area contributed by atoms with Crippen molar-refractivity contribution in [3.05, 3.63) is 42.0 Å². The molecular formula is C19H27NO. The van der Waals surface area contributed by atoms with E-state index in [0.29, 0.717) is 0 Å². The molecule has 0 aromatic heterocycles. The molecule has 0 radical (unpaired) electrons. The van der Waals surface area contributed by atoms with E-state index >= 15 is 0 Å². The molecule has 21 heavy (non-hydrogen) atoms. The molecule has 2 nitrogen and oxygen atoms in total. The van der Waals surface area contributed by atoms with Gasteiger partial charge in [0.05, 0.1) is 7.11 Å². The molecule has 0 fully saturated rings. The minimum absolute atomic E-state index is 0.774. The van der Waals surface area contributed by atoms with Gasteiger partial charge in [0, 0.05) is 0 Å². The SMILES string of the molecule is CCNCCC(C)CCc1ccc2cc(OC)ccc2c1. The Morgan fingerprint density at radius 2 is 1.81 bits per heavy atom. The van der Waals surface area contributed by atoms with Crippen LogP contribution < -0.4 is 10.1 Å². The van der Waals surface area contributed by atoms with Crippen LogP contribution in [0.25, 0.3) is 10.8 Å². The van der Waals surface area contributed by atoms with E-state index in [0.717, 1.165) is 31.2 Å². The first-order valence-electron chi connectivity index (χ1n) is 8.00. The zero-order valence-electron chi connectivity index (χ0n) is 13.5. The molecular weight excluding hydrogens is 258 g/mol. The molecule has 1 N–H and O–H groups in total. The fourth-order valence-electron chi connectivity index (χ4n) is 2.64. The van der Waals surface area contributed by atoms with Crippen LogP contribution in [-0.2, 0) is 6.42 Å². The number of ether oxygens (including phenoxy) is 1. The Bertz CT molecular complexity index is 564. The van der Waals surface area contributed by atoms with Crippen LogP contribution in [-0.4, -0.2) is 20.2 Å². The Hall–Kier alpha value is -1.54. The topological polar surface area (TPSA) is 21.3 Å². The summed E-state index contributed by atoms with van der Waals surface area (Å²) in [5.41, 5.74) is 1.43. The van der Waals surface area contributed by atoms with E-state index in [4.69, 9.17) is 4.74 Å². The van der Waals surface area contributed by atoms with Gasteiger partial charge in [-0.2, -0.15) is 0 Å². The largest absolute Gasteiger partial charge is 0.497 e. The fourth-order valence-corrected chi connectivity index (χ4v) is 2.64. The molecule has 0 spiro atoms. The van der Waals surface area contributed by atoms with Crippen LogP contribution in [0.3, 0.4) is 0 Å². The maximum absolute atomic E-state index is 5.27. The number of benzene rings is 2. The van der Waals surface area contributed by atoms with Gasteiger partial charge in [0.1, 0.15) is 5.75 Å². The quantitative estimate of drug-likeness (QED) is 0.725. The third-order valence-corrected chi connectivity index (χ3v) is 4.10. The first-order valence-corrected chi connectivity index (χ1v) is 8.00. The lowest BCUT2D eigenvalue weighted by Crippen LogP contribution is -2.16. The molecule has 0 saturated heterocycles. The number of hydrogen-bond acceptors (Lipinski definition) is 2. The summed E-state index contributed by atoms with van der Waals surface area (Å²) in [6.45, 7) is 6.72. The molecule has 0 amide bonds. The van der Waals surface area contributed by atoms with Crippen LogP contribution in [0.15, 0.2) is 36.4 Å². The van der Waals surface area contributed by atoms with E-state index in [2.05, 4.69) is 49.5 Å². The summed E-state index contributed by atoms with van der Waals surface area (Å²) in [6, 6.07) is 13.0. The number of methoxy groups -OCH3 is 1. The molecule has 2 heteroatoms. The Morgan fingerprint density at radius 1 is 1.05 bits per heavy atom. The van der Waals surface area contributed by atoms with Gasteiger partial charge in [-0.15, -0.1) is 0 Å². The molecule has 0 aliphatic heterocycles. The lowest BCUT2D eigenvalue weighted by atomic mass is 9.97. The molecule has 2 aromatic rings. The third kappa shape index (κ3) is 4.75. The summed E-state index contributed by atoms with van der Waals surface area (Å²) in [7, 11) is 1.71. The molecule has 1 atom stereocenters. The van der Waals surface area contributed by atoms with Crippen LogP contribution in [0.2, 0.25) is 0 Å².